The van der Waals surface area contributed by atoms with Crippen molar-refractivity contribution in [1.29, 1.82) is 0 Å². The predicted molar refractivity (Wildman–Crippen MR) is 266 cm³/mol. The van der Waals surface area contributed by atoms with E-state index in [1.165, 1.54) is 26.9 Å². The maximum Gasteiger partial charge on any atom is 0.188 e. The van der Waals surface area contributed by atoms with E-state index in [1.807, 2.05) is 0 Å². The van der Waals surface area contributed by atoms with E-state index in [9.17, 15) is 0 Å². The van der Waals surface area contributed by atoms with E-state index in [0.29, 0.717) is 132 Å². The quantitative estimate of drug-likeness (QED) is 0.405. The molecule has 1 aromatic rings. The van der Waals surface area contributed by atoms with Gasteiger partial charge in [0.2, 0.25) is 0 Å². The molecule has 0 N–H and O–H groups in total. The summed E-state index contributed by atoms with van der Waals surface area (Å²) in [7, 11) is -0.954. The molecule has 16 nitrogen and oxygen atoms in total. The number of benzene rings is 1. The highest BCUT2D eigenvalue weighted by molar-refractivity contribution is 8.15. The van der Waals surface area contributed by atoms with Crippen molar-refractivity contribution >= 4 is 101 Å². The third-order valence-corrected chi connectivity index (χ3v) is 19.1. The van der Waals surface area contributed by atoms with Gasteiger partial charge in [0.25, 0.3) is 0 Å². The summed E-state index contributed by atoms with van der Waals surface area (Å²) in [5, 5.41) is 5.62. The molecule has 0 radical (unpaired) electrons. The van der Waals surface area contributed by atoms with E-state index in [4.69, 9.17) is 86.8 Å². The Kier molecular flexibility index (Phi) is 15.6. The molecule has 8 aliphatic heterocycles. The molecular formula is C42H62N8O8S6. The third kappa shape index (κ3) is 9.83. The fourth-order valence-electron chi connectivity index (χ4n) is 8.95. The van der Waals surface area contributed by atoms with Crippen molar-refractivity contribution < 1.29 is 37.9 Å². The Morgan fingerprint density at radius 2 is 0.656 bits per heavy atom. The Morgan fingerprint density at radius 3 is 0.906 bits per heavy atom. The van der Waals surface area contributed by atoms with E-state index in [0.717, 1.165) is 46.6 Å². The van der Waals surface area contributed by atoms with Crippen LogP contribution in [0.1, 0.15) is 49.3 Å². The van der Waals surface area contributed by atoms with Crippen LogP contribution in [0.15, 0.2) is 18.2 Å². The molecule has 4 fully saturated rings. The molecule has 0 amide bonds. The number of nitrogens with zero attached hydrogens (tertiary/aromatic N) is 8. The molecule has 0 saturated carbocycles. The van der Waals surface area contributed by atoms with E-state index in [-0.39, 0.29) is 17.3 Å². The zero-order chi connectivity index (χ0) is 44.4. The average Bonchev–Trinajstić information content (AvgIpc) is 3.93. The van der Waals surface area contributed by atoms with Crippen molar-refractivity contribution in [1.82, 2.24) is 36.8 Å². The van der Waals surface area contributed by atoms with Gasteiger partial charge < -0.3 is 37.9 Å². The zero-order valence-electron chi connectivity index (χ0n) is 37.2. The minimum absolute atomic E-state index is 0.0915. The molecule has 0 aliphatic carbocycles. The first-order valence-electron chi connectivity index (χ1n) is 22.5. The Hall–Kier alpha value is -1.90. The smallest absolute Gasteiger partial charge is 0.188 e. The van der Waals surface area contributed by atoms with Gasteiger partial charge in [-0.1, -0.05) is 39.0 Å². The molecule has 1 aromatic carbocycles. The van der Waals surface area contributed by atoms with Gasteiger partial charge in [0.15, 0.2) is 30.7 Å². The summed E-state index contributed by atoms with van der Waals surface area (Å²) in [5.74, 6) is 0.274. The average molecular weight is 999 g/mol. The number of rotatable bonds is 2. The highest BCUT2D eigenvalue weighted by atomic mass is 32.2. The highest BCUT2D eigenvalue weighted by Crippen LogP contribution is 2.48. The zero-order valence-corrected chi connectivity index (χ0v) is 42.0. The van der Waals surface area contributed by atoms with Crippen LogP contribution in [0.3, 0.4) is 0 Å². The second-order valence-corrected chi connectivity index (χ2v) is 22.5. The van der Waals surface area contributed by atoms with Gasteiger partial charge in [0.1, 0.15) is 0 Å². The van der Waals surface area contributed by atoms with Crippen LogP contribution in [-0.4, -0.2) is 226 Å². The Balaban J connectivity index is 0.980. The topological polar surface area (TPSA) is 99.8 Å². The lowest BCUT2D eigenvalue weighted by Gasteiger charge is -2.42. The first-order chi connectivity index (χ1) is 31.1. The normalized spacial score (nSPS) is 25.5. The van der Waals surface area contributed by atoms with Crippen LogP contribution < -0.4 is 0 Å². The summed E-state index contributed by atoms with van der Waals surface area (Å²) in [4.78, 5) is 9.38. The molecule has 354 valence electrons. The number of thiocarbonyl (C=S) groups is 4. The van der Waals surface area contributed by atoms with Gasteiger partial charge in [-0.2, -0.15) is 0 Å². The fourth-order valence-corrected chi connectivity index (χ4v) is 15.7. The van der Waals surface area contributed by atoms with Crippen molar-refractivity contribution in [3.05, 3.63) is 34.9 Å². The molecule has 4 saturated heterocycles. The van der Waals surface area contributed by atoms with Gasteiger partial charge in [0, 0.05) is 38.0 Å². The lowest BCUT2D eigenvalue weighted by Crippen LogP contribution is -2.56. The van der Waals surface area contributed by atoms with Gasteiger partial charge >= 0.3 is 0 Å². The fraction of sp³-hybridized carbons (Fsp3) is 0.714. The van der Waals surface area contributed by atoms with Gasteiger partial charge in [-0.05, 0) is 71.0 Å². The molecule has 0 atom stereocenters. The van der Waals surface area contributed by atoms with Crippen molar-refractivity contribution in [2.75, 3.05) is 158 Å². The van der Waals surface area contributed by atoms with Crippen molar-refractivity contribution in [3.8, 4) is 0 Å². The van der Waals surface area contributed by atoms with Crippen LogP contribution in [0.2, 0.25) is 0 Å². The largest absolute Gasteiger partial charge is 0.377 e. The maximum atomic E-state index is 6.34. The maximum absolute atomic E-state index is 6.34. The van der Waals surface area contributed by atoms with E-state index in [1.54, 1.807) is 0 Å². The molecule has 8 aliphatic rings. The highest BCUT2D eigenvalue weighted by Gasteiger charge is 2.52. The van der Waals surface area contributed by atoms with Crippen molar-refractivity contribution in [3.63, 3.8) is 0 Å². The Bertz CT molecular complexity index is 1780. The summed E-state index contributed by atoms with van der Waals surface area (Å²) in [6.07, 6.45) is 0. The van der Waals surface area contributed by atoms with Crippen molar-refractivity contribution in [2.45, 2.75) is 38.0 Å². The van der Waals surface area contributed by atoms with Crippen LogP contribution in [-0.2, 0) is 43.3 Å². The third-order valence-electron chi connectivity index (χ3n) is 12.2. The van der Waals surface area contributed by atoms with Crippen LogP contribution in [0.4, 0.5) is 0 Å². The van der Waals surface area contributed by atoms with E-state index >= 15 is 0 Å². The monoisotopic (exact) mass is 998 g/mol. The number of hydrogen-bond acceptors (Lipinski definition) is 12. The van der Waals surface area contributed by atoms with Crippen LogP contribution in [0.25, 0.3) is 0 Å². The summed E-state index contributed by atoms with van der Waals surface area (Å²) in [5.41, 5.74) is 3.79. The number of ether oxygens (including phenoxy) is 8. The molecule has 9 rings (SSSR count). The minimum Gasteiger partial charge on any atom is -0.377 e. The molecule has 0 aromatic heterocycles. The molecule has 0 bridgehead atoms. The molecule has 0 spiro atoms. The second kappa shape index (κ2) is 21.2. The number of hydrogen-bond donors (Lipinski definition) is 0. The standard InChI is InChI=1S/C42H62N8O8S6/c1-42(2,3)35-25-31(33-27-43-36(59)47-4-8-51-12-16-55-20-21-56-17-13-52-9-5-48-37(60)44(28-33)40(43)63(47)48)24-32(26-35)34-29-45-38(61)49-6-10-53-14-18-57-22-23-58-19-15-54-11-7-50-39(62)46(30-34)41(45)64(49)50/h24-26,33-34H,4-23,27-30H2,1-3H3. The van der Waals surface area contributed by atoms with Gasteiger partial charge in [0.05, 0.1) is 154 Å². The Morgan fingerprint density at radius 1 is 0.406 bits per heavy atom. The summed E-state index contributed by atoms with van der Waals surface area (Å²) in [6, 6.07) is 7.29. The second-order valence-electron chi connectivity index (χ2n) is 17.5. The molecule has 0 unspecified atom stereocenters. The summed E-state index contributed by atoms with van der Waals surface area (Å²) < 4.78 is 56.3. The first-order valence-corrected chi connectivity index (χ1v) is 26.4. The molecular weight excluding hydrogens is 937 g/mol. The lowest BCUT2D eigenvalue weighted by atomic mass is 9.80. The molecule has 8 heterocycles. The van der Waals surface area contributed by atoms with Gasteiger partial charge in [-0.3, -0.25) is 36.8 Å². The van der Waals surface area contributed by atoms with Gasteiger partial charge in [-0.25, -0.2) is 0 Å². The SMILES string of the molecule is CC(C)(C)c1cc(C2CN3C(=S)N4CCOCCOCCOCCOCCN5C(=S)N(C2)C3=S45)cc(C2CN3C(=S)N4CCOCCOCCOCCOCCN5C(=S)N(C2)C3=S45)c1. The van der Waals surface area contributed by atoms with Crippen molar-refractivity contribution in [2.24, 2.45) is 0 Å². The van der Waals surface area contributed by atoms with E-state index in [2.05, 4.69) is 75.8 Å². The molecule has 64 heavy (non-hydrogen) atoms. The molecule has 22 heteroatoms. The lowest BCUT2D eigenvalue weighted by molar-refractivity contribution is -0.00142. The van der Waals surface area contributed by atoms with Crippen LogP contribution >= 0.6 is 70.6 Å². The van der Waals surface area contributed by atoms with Crippen LogP contribution in [0, 0.1) is 0 Å². The predicted octanol–water partition coefficient (Wildman–Crippen LogP) is 3.32. The Labute approximate surface area is 404 Å². The summed E-state index contributed by atoms with van der Waals surface area (Å²) >= 11 is 25.4. The summed E-state index contributed by atoms with van der Waals surface area (Å²) in [6.45, 7) is 21.0. The van der Waals surface area contributed by atoms with Gasteiger partial charge in [-0.15, -0.1) is 0 Å². The first kappa shape index (κ1) is 47.2. The minimum atomic E-state index is -0.477. The van der Waals surface area contributed by atoms with Crippen LogP contribution in [0.5, 0.6) is 0 Å². The van der Waals surface area contributed by atoms with E-state index < -0.39 is 21.7 Å².